The quantitative estimate of drug-likeness (QED) is 0.519. The highest BCUT2D eigenvalue weighted by atomic mass is 14.9. The van der Waals surface area contributed by atoms with Crippen molar-refractivity contribution in [1.29, 1.82) is 0 Å². The number of hydrogen-bond donors (Lipinski definition) is 1. The minimum absolute atomic E-state index is 0.780. The SMILES string of the molecule is C=CCCNC1CCCC(CC(C)C)C1. The van der Waals surface area contributed by atoms with E-state index in [2.05, 4.69) is 25.7 Å². The topological polar surface area (TPSA) is 12.0 Å². The molecule has 0 spiro atoms. The van der Waals surface area contributed by atoms with Gasteiger partial charge in [0.05, 0.1) is 0 Å². The van der Waals surface area contributed by atoms with E-state index in [9.17, 15) is 0 Å². The first-order chi connectivity index (χ1) is 7.22. The largest absolute Gasteiger partial charge is 0.314 e. The van der Waals surface area contributed by atoms with Crippen molar-refractivity contribution in [2.24, 2.45) is 11.8 Å². The van der Waals surface area contributed by atoms with Gasteiger partial charge in [-0.1, -0.05) is 32.8 Å². The van der Waals surface area contributed by atoms with E-state index in [1.54, 1.807) is 0 Å². The molecule has 0 aromatic carbocycles. The van der Waals surface area contributed by atoms with Crippen molar-refractivity contribution in [1.82, 2.24) is 5.32 Å². The van der Waals surface area contributed by atoms with E-state index in [1.807, 2.05) is 6.08 Å². The van der Waals surface area contributed by atoms with Crippen molar-refractivity contribution in [3.63, 3.8) is 0 Å². The van der Waals surface area contributed by atoms with Crippen LogP contribution in [-0.4, -0.2) is 12.6 Å². The number of rotatable bonds is 6. The maximum atomic E-state index is 3.76. The van der Waals surface area contributed by atoms with Gasteiger partial charge in [0.25, 0.3) is 0 Å². The van der Waals surface area contributed by atoms with Crippen LogP contribution in [0.2, 0.25) is 0 Å². The maximum Gasteiger partial charge on any atom is 0.00698 e. The number of nitrogens with one attached hydrogen (secondary N) is 1. The Labute approximate surface area is 95.3 Å². The predicted octanol–water partition coefficient (Wildman–Crippen LogP) is 3.76. The fourth-order valence-electron chi connectivity index (χ4n) is 2.75. The van der Waals surface area contributed by atoms with Gasteiger partial charge in [-0.15, -0.1) is 6.58 Å². The summed E-state index contributed by atoms with van der Waals surface area (Å²) in [6, 6.07) is 0.780. The van der Waals surface area contributed by atoms with Gasteiger partial charge in [0, 0.05) is 6.04 Å². The second-order valence-corrected chi connectivity index (χ2v) is 5.39. The van der Waals surface area contributed by atoms with Crippen molar-refractivity contribution in [2.75, 3.05) is 6.54 Å². The Morgan fingerprint density at radius 3 is 2.87 bits per heavy atom. The van der Waals surface area contributed by atoms with Crippen LogP contribution in [0.3, 0.4) is 0 Å². The van der Waals surface area contributed by atoms with E-state index in [4.69, 9.17) is 0 Å². The molecule has 2 atom stereocenters. The Bertz CT molecular complexity index is 174. The van der Waals surface area contributed by atoms with Gasteiger partial charge in [0.1, 0.15) is 0 Å². The molecule has 0 aromatic rings. The minimum atomic E-state index is 0.780. The summed E-state index contributed by atoms with van der Waals surface area (Å²) in [5.41, 5.74) is 0. The van der Waals surface area contributed by atoms with Gasteiger partial charge in [-0.05, 0) is 44.1 Å². The van der Waals surface area contributed by atoms with E-state index in [0.29, 0.717) is 0 Å². The summed E-state index contributed by atoms with van der Waals surface area (Å²) in [6.07, 6.45) is 10.2. The van der Waals surface area contributed by atoms with Crippen LogP contribution < -0.4 is 5.32 Å². The highest BCUT2D eigenvalue weighted by Crippen LogP contribution is 2.29. The van der Waals surface area contributed by atoms with Gasteiger partial charge in [-0.2, -0.15) is 0 Å². The summed E-state index contributed by atoms with van der Waals surface area (Å²) in [6.45, 7) is 9.56. The molecule has 1 N–H and O–H groups in total. The smallest absolute Gasteiger partial charge is 0.00698 e. The van der Waals surface area contributed by atoms with Crippen LogP contribution in [-0.2, 0) is 0 Å². The predicted molar refractivity (Wildman–Crippen MR) is 68.0 cm³/mol. The molecule has 1 nitrogen and oxygen atoms in total. The summed E-state index contributed by atoms with van der Waals surface area (Å²) in [7, 11) is 0. The third-order valence-electron chi connectivity index (χ3n) is 3.37. The van der Waals surface area contributed by atoms with Crippen LogP contribution in [0.4, 0.5) is 0 Å². The van der Waals surface area contributed by atoms with Gasteiger partial charge in [-0.25, -0.2) is 0 Å². The third-order valence-corrected chi connectivity index (χ3v) is 3.37. The molecule has 0 aromatic heterocycles. The van der Waals surface area contributed by atoms with Crippen molar-refractivity contribution in [2.45, 2.75) is 58.4 Å². The summed E-state index contributed by atoms with van der Waals surface area (Å²) in [5, 5.41) is 3.65. The maximum absolute atomic E-state index is 3.76. The molecule has 2 unspecified atom stereocenters. The Kier molecular flexibility index (Phi) is 6.00. The second-order valence-electron chi connectivity index (χ2n) is 5.39. The van der Waals surface area contributed by atoms with Crippen LogP contribution in [0.15, 0.2) is 12.7 Å². The zero-order valence-electron chi connectivity index (χ0n) is 10.5. The molecule has 0 aliphatic heterocycles. The van der Waals surface area contributed by atoms with Crippen LogP contribution >= 0.6 is 0 Å². The van der Waals surface area contributed by atoms with Crippen LogP contribution in [0.5, 0.6) is 0 Å². The third kappa shape index (κ3) is 5.36. The zero-order chi connectivity index (χ0) is 11.1. The van der Waals surface area contributed by atoms with Crippen molar-refractivity contribution in [3.8, 4) is 0 Å². The molecule has 88 valence electrons. The molecule has 1 aliphatic rings. The molecule has 0 heterocycles. The van der Waals surface area contributed by atoms with E-state index in [1.165, 1.54) is 32.1 Å². The number of hydrogen-bond acceptors (Lipinski definition) is 1. The fraction of sp³-hybridized carbons (Fsp3) is 0.857. The molecule has 1 fully saturated rings. The average Bonchev–Trinajstić information content (AvgIpc) is 2.18. The second kappa shape index (κ2) is 7.05. The van der Waals surface area contributed by atoms with E-state index < -0.39 is 0 Å². The Morgan fingerprint density at radius 2 is 2.20 bits per heavy atom. The fourth-order valence-corrected chi connectivity index (χ4v) is 2.75. The summed E-state index contributed by atoms with van der Waals surface area (Å²) >= 11 is 0. The Hall–Kier alpha value is -0.300. The summed E-state index contributed by atoms with van der Waals surface area (Å²) < 4.78 is 0. The molecule has 0 amide bonds. The lowest BCUT2D eigenvalue weighted by atomic mass is 9.81. The molecular weight excluding hydrogens is 182 g/mol. The standard InChI is InChI=1S/C14H27N/c1-4-5-9-15-14-8-6-7-13(11-14)10-12(2)3/h4,12-15H,1,5-11H2,2-3H3. The summed E-state index contributed by atoms with van der Waals surface area (Å²) in [5.74, 6) is 1.84. The monoisotopic (exact) mass is 209 g/mol. The molecule has 1 aliphatic carbocycles. The lowest BCUT2D eigenvalue weighted by molar-refractivity contribution is 0.254. The van der Waals surface area contributed by atoms with E-state index in [0.717, 1.165) is 30.8 Å². The van der Waals surface area contributed by atoms with Crippen LogP contribution in [0, 0.1) is 11.8 Å². The van der Waals surface area contributed by atoms with E-state index in [-0.39, 0.29) is 0 Å². The molecule has 1 heteroatoms. The average molecular weight is 209 g/mol. The molecule has 1 rings (SSSR count). The first-order valence-corrected chi connectivity index (χ1v) is 6.56. The molecule has 0 saturated heterocycles. The molecule has 15 heavy (non-hydrogen) atoms. The molecule has 0 bridgehead atoms. The van der Waals surface area contributed by atoms with Gasteiger partial charge in [0.2, 0.25) is 0 Å². The first kappa shape index (κ1) is 12.8. The van der Waals surface area contributed by atoms with Crippen molar-refractivity contribution < 1.29 is 0 Å². The minimum Gasteiger partial charge on any atom is -0.314 e. The lowest BCUT2D eigenvalue weighted by Gasteiger charge is -2.30. The van der Waals surface area contributed by atoms with Gasteiger partial charge >= 0.3 is 0 Å². The van der Waals surface area contributed by atoms with Crippen LogP contribution in [0.25, 0.3) is 0 Å². The molecule has 0 radical (unpaired) electrons. The van der Waals surface area contributed by atoms with Gasteiger partial charge in [-0.3, -0.25) is 0 Å². The van der Waals surface area contributed by atoms with Crippen molar-refractivity contribution in [3.05, 3.63) is 12.7 Å². The van der Waals surface area contributed by atoms with Gasteiger partial charge in [0.15, 0.2) is 0 Å². The van der Waals surface area contributed by atoms with Crippen molar-refractivity contribution >= 4 is 0 Å². The normalized spacial score (nSPS) is 26.9. The Balaban J connectivity index is 2.19. The van der Waals surface area contributed by atoms with Gasteiger partial charge < -0.3 is 5.32 Å². The summed E-state index contributed by atoms with van der Waals surface area (Å²) in [4.78, 5) is 0. The molecule has 1 saturated carbocycles. The van der Waals surface area contributed by atoms with Crippen LogP contribution in [0.1, 0.15) is 52.4 Å². The zero-order valence-corrected chi connectivity index (χ0v) is 10.5. The highest BCUT2D eigenvalue weighted by molar-refractivity contribution is 4.79. The first-order valence-electron chi connectivity index (χ1n) is 6.56. The molecular formula is C14H27N. The highest BCUT2D eigenvalue weighted by Gasteiger charge is 2.21. The Morgan fingerprint density at radius 1 is 1.40 bits per heavy atom. The van der Waals surface area contributed by atoms with E-state index >= 15 is 0 Å². The lowest BCUT2D eigenvalue weighted by Crippen LogP contribution is -2.34.